The van der Waals surface area contributed by atoms with Gasteiger partial charge >= 0.3 is 0 Å². The van der Waals surface area contributed by atoms with Crippen LogP contribution in [0.3, 0.4) is 0 Å². The van der Waals surface area contributed by atoms with Crippen molar-refractivity contribution in [2.24, 2.45) is 0 Å². The van der Waals surface area contributed by atoms with E-state index in [4.69, 9.17) is 0 Å². The zero-order valence-corrected chi connectivity index (χ0v) is 16.5. The van der Waals surface area contributed by atoms with E-state index in [1.54, 1.807) is 72.8 Å². The van der Waals surface area contributed by atoms with Crippen molar-refractivity contribution in [3.05, 3.63) is 116 Å². The number of rotatable bonds is 4. The molecule has 0 unspecified atom stereocenters. The van der Waals surface area contributed by atoms with Gasteiger partial charge in [-0.1, -0.05) is 48.5 Å². The van der Waals surface area contributed by atoms with Gasteiger partial charge in [-0.15, -0.1) is 0 Å². The molecule has 0 saturated heterocycles. The Bertz CT molecular complexity index is 1350. The number of nitro groups is 2. The van der Waals surface area contributed by atoms with Crippen molar-refractivity contribution in [2.45, 2.75) is 0 Å². The lowest BCUT2D eigenvalue weighted by Gasteiger charge is -2.06. The topological polar surface area (TPSA) is 103 Å². The molecule has 0 heterocycles. The summed E-state index contributed by atoms with van der Waals surface area (Å²) in [6, 6.07) is 23.2. The first-order valence-electron chi connectivity index (χ1n) is 9.76. The van der Waals surface area contributed by atoms with Crippen LogP contribution in [0.15, 0.2) is 84.9 Å². The lowest BCUT2D eigenvalue weighted by atomic mass is 9.97. The summed E-state index contributed by atoms with van der Waals surface area (Å²) in [5.74, 6) is -0.212. The molecule has 0 N–H and O–H groups in total. The number of carbonyl (C=O) groups excluding carboxylic acids is 1. The number of nitro benzene ring substituents is 2. The van der Waals surface area contributed by atoms with Crippen LogP contribution in [0.25, 0.3) is 33.4 Å². The Morgan fingerprint density at radius 1 is 0.500 bits per heavy atom. The molecule has 0 atom stereocenters. The number of hydrogen-bond acceptors (Lipinski definition) is 5. The molecule has 4 aromatic carbocycles. The highest BCUT2D eigenvalue weighted by atomic mass is 16.6. The van der Waals surface area contributed by atoms with Crippen molar-refractivity contribution in [1.29, 1.82) is 0 Å². The molecule has 0 saturated carbocycles. The quantitative estimate of drug-likeness (QED) is 0.259. The van der Waals surface area contributed by atoms with Crippen molar-refractivity contribution in [1.82, 2.24) is 0 Å². The van der Waals surface area contributed by atoms with E-state index in [1.807, 2.05) is 0 Å². The van der Waals surface area contributed by atoms with Gasteiger partial charge in [-0.3, -0.25) is 25.0 Å². The van der Waals surface area contributed by atoms with Crippen molar-refractivity contribution >= 4 is 17.2 Å². The highest BCUT2D eigenvalue weighted by Crippen LogP contribution is 2.42. The minimum Gasteiger partial charge on any atom is -0.289 e. The third-order valence-electron chi connectivity index (χ3n) is 5.64. The number of nitrogens with zero attached hydrogens (tertiary/aromatic N) is 2. The van der Waals surface area contributed by atoms with Gasteiger partial charge in [-0.25, -0.2) is 0 Å². The van der Waals surface area contributed by atoms with Gasteiger partial charge in [0.05, 0.1) is 21.0 Å². The van der Waals surface area contributed by atoms with Crippen LogP contribution in [0.4, 0.5) is 11.4 Å². The molecule has 32 heavy (non-hydrogen) atoms. The maximum absolute atomic E-state index is 13.2. The number of fused-ring (bicyclic) bond motifs is 3. The first-order valence-corrected chi connectivity index (χ1v) is 9.76. The molecule has 5 rings (SSSR count). The molecule has 0 aromatic heterocycles. The molecule has 7 nitrogen and oxygen atoms in total. The average Bonchev–Trinajstić information content (AvgIpc) is 3.10. The molecule has 1 aliphatic carbocycles. The second-order valence-corrected chi connectivity index (χ2v) is 7.40. The van der Waals surface area contributed by atoms with E-state index in [1.165, 1.54) is 12.1 Å². The van der Waals surface area contributed by atoms with Crippen LogP contribution in [0.2, 0.25) is 0 Å². The Labute approximate surface area is 181 Å². The molecule has 4 aromatic rings. The first kappa shape index (κ1) is 19.3. The Morgan fingerprint density at radius 2 is 0.906 bits per heavy atom. The zero-order valence-electron chi connectivity index (χ0n) is 16.5. The molecule has 0 spiro atoms. The summed E-state index contributed by atoms with van der Waals surface area (Å²) in [4.78, 5) is 35.2. The van der Waals surface area contributed by atoms with Gasteiger partial charge in [0.2, 0.25) is 0 Å². The van der Waals surface area contributed by atoms with E-state index in [9.17, 15) is 25.0 Å². The monoisotopic (exact) mass is 422 g/mol. The van der Waals surface area contributed by atoms with Gasteiger partial charge in [0, 0.05) is 23.3 Å². The van der Waals surface area contributed by atoms with E-state index >= 15 is 0 Å². The predicted octanol–water partition coefficient (Wildman–Crippen LogP) is 6.05. The number of ketones is 1. The largest absolute Gasteiger partial charge is 0.289 e. The molecule has 0 amide bonds. The maximum Gasteiger partial charge on any atom is 0.277 e. The second kappa shape index (κ2) is 7.24. The molecule has 0 radical (unpaired) electrons. The zero-order chi connectivity index (χ0) is 22.4. The SMILES string of the molecule is O=C1c2cc(-c3ccccc3[N+](=O)[O-])ccc2-c2ccc(-c3ccccc3[N+](=O)[O-])cc21. The third-order valence-corrected chi connectivity index (χ3v) is 5.64. The number of para-hydroxylation sites is 2. The van der Waals surface area contributed by atoms with Gasteiger partial charge in [0.25, 0.3) is 11.4 Å². The third kappa shape index (κ3) is 2.95. The fourth-order valence-electron chi connectivity index (χ4n) is 4.17. The summed E-state index contributed by atoms with van der Waals surface area (Å²) in [6.07, 6.45) is 0. The Kier molecular flexibility index (Phi) is 4.37. The molecular formula is C25H14N2O5. The smallest absolute Gasteiger partial charge is 0.277 e. The molecular weight excluding hydrogens is 408 g/mol. The van der Waals surface area contributed by atoms with Gasteiger partial charge in [0.1, 0.15) is 0 Å². The van der Waals surface area contributed by atoms with E-state index in [0.717, 1.165) is 11.1 Å². The molecule has 0 bridgehead atoms. The summed E-state index contributed by atoms with van der Waals surface area (Å²) in [6.45, 7) is 0. The Hall–Kier alpha value is -4.65. The van der Waals surface area contributed by atoms with Crippen LogP contribution in [-0.4, -0.2) is 15.6 Å². The van der Waals surface area contributed by atoms with Crippen molar-refractivity contribution in [2.75, 3.05) is 0 Å². The minimum atomic E-state index is -0.446. The molecule has 0 aliphatic heterocycles. The van der Waals surface area contributed by atoms with Crippen LogP contribution in [0, 0.1) is 20.2 Å². The minimum absolute atomic E-state index is 0.0333. The highest BCUT2D eigenvalue weighted by Gasteiger charge is 2.29. The van der Waals surface area contributed by atoms with E-state index in [0.29, 0.717) is 33.4 Å². The maximum atomic E-state index is 13.2. The molecule has 7 heteroatoms. The van der Waals surface area contributed by atoms with Gasteiger partial charge in [0.15, 0.2) is 5.78 Å². The van der Waals surface area contributed by atoms with Crippen LogP contribution in [-0.2, 0) is 0 Å². The number of benzene rings is 4. The molecule has 154 valence electrons. The molecule has 1 aliphatic rings. The average molecular weight is 422 g/mol. The summed E-state index contributed by atoms with van der Waals surface area (Å²) in [5, 5.41) is 22.8. The first-order chi connectivity index (χ1) is 15.5. The second-order valence-electron chi connectivity index (χ2n) is 7.40. The lowest BCUT2D eigenvalue weighted by molar-refractivity contribution is -0.384. The Balaban J connectivity index is 1.61. The van der Waals surface area contributed by atoms with Crippen molar-refractivity contribution in [3.63, 3.8) is 0 Å². The van der Waals surface area contributed by atoms with Crippen LogP contribution < -0.4 is 0 Å². The normalized spacial score (nSPS) is 11.7. The van der Waals surface area contributed by atoms with E-state index < -0.39 is 9.85 Å². The van der Waals surface area contributed by atoms with E-state index in [2.05, 4.69) is 0 Å². The summed E-state index contributed by atoms with van der Waals surface area (Å²) in [5.41, 5.74) is 4.35. The van der Waals surface area contributed by atoms with Crippen LogP contribution in [0.5, 0.6) is 0 Å². The van der Waals surface area contributed by atoms with E-state index in [-0.39, 0.29) is 17.2 Å². The fraction of sp³-hybridized carbons (Fsp3) is 0. The summed E-state index contributed by atoms with van der Waals surface area (Å²) in [7, 11) is 0. The predicted molar refractivity (Wildman–Crippen MR) is 119 cm³/mol. The molecule has 0 fully saturated rings. The lowest BCUT2D eigenvalue weighted by Crippen LogP contribution is -1.97. The van der Waals surface area contributed by atoms with Crippen LogP contribution in [0.1, 0.15) is 15.9 Å². The Morgan fingerprint density at radius 3 is 1.31 bits per heavy atom. The van der Waals surface area contributed by atoms with Crippen molar-refractivity contribution in [3.8, 4) is 33.4 Å². The van der Waals surface area contributed by atoms with Crippen LogP contribution >= 0.6 is 0 Å². The van der Waals surface area contributed by atoms with Gasteiger partial charge in [-0.2, -0.15) is 0 Å². The standard InChI is InChI=1S/C25H14N2O5/c28-25-21-13-15(17-5-1-3-7-23(17)26(29)30)9-11-19(21)20-12-10-16(14-22(20)25)18-6-2-4-8-24(18)27(31)32/h1-14H. The fourth-order valence-corrected chi connectivity index (χ4v) is 4.17. The van der Waals surface area contributed by atoms with Crippen molar-refractivity contribution < 1.29 is 14.6 Å². The summed E-state index contributed by atoms with van der Waals surface area (Å²) >= 11 is 0. The van der Waals surface area contributed by atoms with Gasteiger partial charge < -0.3 is 0 Å². The highest BCUT2D eigenvalue weighted by molar-refractivity contribution is 6.22. The number of carbonyl (C=O) groups is 1. The van der Waals surface area contributed by atoms with Gasteiger partial charge in [-0.05, 0) is 46.5 Å². The summed E-state index contributed by atoms with van der Waals surface area (Å²) < 4.78 is 0. The number of hydrogen-bond donors (Lipinski definition) is 0.